The van der Waals surface area contributed by atoms with E-state index in [0.717, 1.165) is 43.7 Å². The van der Waals surface area contributed by atoms with Crippen molar-refractivity contribution in [2.75, 3.05) is 25.0 Å². The van der Waals surface area contributed by atoms with Gasteiger partial charge in [-0.05, 0) is 56.0 Å². The lowest BCUT2D eigenvalue weighted by Crippen LogP contribution is -2.40. The highest BCUT2D eigenvalue weighted by atomic mass is 32.1. The molecule has 0 bridgehead atoms. The number of aryl methyl sites for hydroxylation is 1. The Bertz CT molecular complexity index is 943. The number of likely N-dealkylation sites (tertiary alicyclic amines) is 1. The SMILES string of the molecule is Cc1cc(Cc2ccccc2)cc(C2CCCN(CC(=O)Nc3nccs3)C2)n1. The van der Waals surface area contributed by atoms with Crippen LogP contribution in [-0.4, -0.2) is 40.4 Å². The summed E-state index contributed by atoms with van der Waals surface area (Å²) < 4.78 is 0. The Labute approximate surface area is 175 Å². The molecule has 1 saturated heterocycles. The van der Waals surface area contributed by atoms with Crippen LogP contribution < -0.4 is 5.32 Å². The molecule has 0 aliphatic carbocycles. The second kappa shape index (κ2) is 9.29. The number of anilines is 1. The number of pyridine rings is 1. The second-order valence-corrected chi connectivity index (χ2v) is 8.56. The summed E-state index contributed by atoms with van der Waals surface area (Å²) >= 11 is 1.44. The van der Waals surface area contributed by atoms with Crippen molar-refractivity contribution in [2.24, 2.45) is 0 Å². The predicted octanol–water partition coefficient (Wildman–Crippen LogP) is 4.26. The smallest absolute Gasteiger partial charge is 0.240 e. The first-order valence-corrected chi connectivity index (χ1v) is 11.0. The van der Waals surface area contributed by atoms with Gasteiger partial charge in [0.1, 0.15) is 0 Å². The maximum atomic E-state index is 12.3. The van der Waals surface area contributed by atoms with Gasteiger partial charge in [-0.3, -0.25) is 14.7 Å². The lowest BCUT2D eigenvalue weighted by molar-refractivity contribution is -0.117. The number of rotatable bonds is 6. The lowest BCUT2D eigenvalue weighted by atomic mass is 9.92. The molecule has 6 heteroatoms. The van der Waals surface area contributed by atoms with Gasteiger partial charge in [0, 0.05) is 35.4 Å². The van der Waals surface area contributed by atoms with E-state index in [1.807, 2.05) is 11.4 Å². The van der Waals surface area contributed by atoms with E-state index in [2.05, 4.69) is 58.5 Å². The predicted molar refractivity (Wildman–Crippen MR) is 117 cm³/mol. The number of amides is 1. The van der Waals surface area contributed by atoms with E-state index in [1.165, 1.54) is 22.5 Å². The van der Waals surface area contributed by atoms with Crippen LogP contribution in [0.25, 0.3) is 0 Å². The summed E-state index contributed by atoms with van der Waals surface area (Å²) in [5.74, 6) is 0.369. The van der Waals surface area contributed by atoms with E-state index in [-0.39, 0.29) is 5.91 Å². The fourth-order valence-corrected chi connectivity index (χ4v) is 4.54. The summed E-state index contributed by atoms with van der Waals surface area (Å²) in [7, 11) is 0. The molecule has 1 aliphatic rings. The third-order valence-corrected chi connectivity index (χ3v) is 5.94. The Balaban J connectivity index is 1.41. The first kappa shape index (κ1) is 19.7. The van der Waals surface area contributed by atoms with Crippen LogP contribution >= 0.6 is 11.3 Å². The number of benzene rings is 1. The van der Waals surface area contributed by atoms with Gasteiger partial charge in [0.05, 0.1) is 6.54 Å². The molecular formula is C23H26N4OS. The van der Waals surface area contributed by atoms with Crippen molar-refractivity contribution in [3.63, 3.8) is 0 Å². The number of carbonyl (C=O) groups is 1. The van der Waals surface area contributed by atoms with Crippen LogP contribution in [0.2, 0.25) is 0 Å². The molecule has 1 aromatic carbocycles. The Morgan fingerprint density at radius 1 is 1.24 bits per heavy atom. The summed E-state index contributed by atoms with van der Waals surface area (Å²) in [6.07, 6.45) is 4.82. The van der Waals surface area contributed by atoms with Crippen molar-refractivity contribution in [2.45, 2.75) is 32.1 Å². The highest BCUT2D eigenvalue weighted by Gasteiger charge is 2.24. The van der Waals surface area contributed by atoms with Gasteiger partial charge in [-0.25, -0.2) is 4.98 Å². The average Bonchev–Trinajstić information content (AvgIpc) is 3.21. The van der Waals surface area contributed by atoms with E-state index < -0.39 is 0 Å². The normalized spacial score (nSPS) is 17.2. The van der Waals surface area contributed by atoms with Gasteiger partial charge in [0.2, 0.25) is 5.91 Å². The van der Waals surface area contributed by atoms with Crippen molar-refractivity contribution in [1.82, 2.24) is 14.9 Å². The standard InChI is InChI=1S/C23H26N4OS/c1-17-12-19(13-18-6-3-2-4-7-18)14-21(25-17)20-8-5-10-27(15-20)16-22(28)26-23-24-9-11-29-23/h2-4,6-7,9,11-12,14,20H,5,8,10,13,15-16H2,1H3,(H,24,26,28). The monoisotopic (exact) mass is 406 g/mol. The first-order valence-electron chi connectivity index (χ1n) is 10.1. The summed E-state index contributed by atoms with van der Waals surface area (Å²) in [4.78, 5) is 23.5. The maximum absolute atomic E-state index is 12.3. The zero-order chi connectivity index (χ0) is 20.1. The lowest BCUT2D eigenvalue weighted by Gasteiger charge is -2.32. The number of nitrogens with zero attached hydrogens (tertiary/aromatic N) is 3. The minimum absolute atomic E-state index is 0.00238. The van der Waals surface area contributed by atoms with Crippen LogP contribution in [0.5, 0.6) is 0 Å². The van der Waals surface area contributed by atoms with Gasteiger partial charge >= 0.3 is 0 Å². The van der Waals surface area contributed by atoms with Gasteiger partial charge in [-0.2, -0.15) is 0 Å². The number of carbonyl (C=O) groups excluding carboxylic acids is 1. The van der Waals surface area contributed by atoms with Crippen molar-refractivity contribution >= 4 is 22.4 Å². The third-order valence-electron chi connectivity index (χ3n) is 5.25. The molecule has 3 heterocycles. The van der Waals surface area contributed by atoms with Crippen molar-refractivity contribution in [3.8, 4) is 0 Å². The Kier molecular flexibility index (Phi) is 6.32. The summed E-state index contributed by atoms with van der Waals surface area (Å²) in [5, 5.41) is 5.41. The molecule has 0 spiro atoms. The third kappa shape index (κ3) is 5.49. The van der Waals surface area contributed by atoms with Crippen LogP contribution in [0.1, 0.15) is 41.3 Å². The summed E-state index contributed by atoms with van der Waals surface area (Å²) in [6, 6.07) is 15.0. The molecule has 4 rings (SSSR count). The molecule has 5 nitrogen and oxygen atoms in total. The Morgan fingerprint density at radius 3 is 2.90 bits per heavy atom. The van der Waals surface area contributed by atoms with Crippen LogP contribution in [-0.2, 0) is 11.2 Å². The second-order valence-electron chi connectivity index (χ2n) is 7.66. The Hall–Kier alpha value is -2.57. The minimum atomic E-state index is 0.00238. The van der Waals surface area contributed by atoms with E-state index in [9.17, 15) is 4.79 Å². The number of thiazole rings is 1. The highest BCUT2D eigenvalue weighted by molar-refractivity contribution is 7.13. The van der Waals surface area contributed by atoms with Crippen molar-refractivity contribution in [1.29, 1.82) is 0 Å². The molecule has 1 amide bonds. The van der Waals surface area contributed by atoms with E-state index in [0.29, 0.717) is 17.6 Å². The molecule has 2 aromatic heterocycles. The highest BCUT2D eigenvalue weighted by Crippen LogP contribution is 2.27. The first-order chi connectivity index (χ1) is 14.2. The summed E-state index contributed by atoms with van der Waals surface area (Å²) in [5.41, 5.74) is 4.83. The van der Waals surface area contributed by atoms with Crippen molar-refractivity contribution in [3.05, 3.63) is 76.6 Å². The van der Waals surface area contributed by atoms with Gasteiger partial charge in [0.25, 0.3) is 0 Å². The summed E-state index contributed by atoms with van der Waals surface area (Å²) in [6.45, 7) is 4.29. The zero-order valence-corrected chi connectivity index (χ0v) is 17.5. The molecule has 1 unspecified atom stereocenters. The zero-order valence-electron chi connectivity index (χ0n) is 16.7. The van der Waals surface area contributed by atoms with Crippen LogP contribution in [0.4, 0.5) is 5.13 Å². The van der Waals surface area contributed by atoms with Crippen LogP contribution in [0.15, 0.2) is 54.0 Å². The van der Waals surface area contributed by atoms with Crippen LogP contribution in [0.3, 0.4) is 0 Å². The molecular weight excluding hydrogens is 380 g/mol. The molecule has 3 aromatic rings. The van der Waals surface area contributed by atoms with Gasteiger partial charge in [-0.15, -0.1) is 11.3 Å². The van der Waals surface area contributed by atoms with Crippen LogP contribution in [0, 0.1) is 6.92 Å². The molecule has 0 radical (unpaired) electrons. The van der Waals surface area contributed by atoms with Gasteiger partial charge in [-0.1, -0.05) is 30.3 Å². The van der Waals surface area contributed by atoms with Crippen molar-refractivity contribution < 1.29 is 4.79 Å². The molecule has 1 N–H and O–H groups in total. The minimum Gasteiger partial charge on any atom is -0.301 e. The Morgan fingerprint density at radius 2 is 2.10 bits per heavy atom. The van der Waals surface area contributed by atoms with Gasteiger partial charge < -0.3 is 5.32 Å². The van der Waals surface area contributed by atoms with E-state index in [4.69, 9.17) is 4.98 Å². The van der Waals surface area contributed by atoms with E-state index in [1.54, 1.807) is 6.20 Å². The fourth-order valence-electron chi connectivity index (χ4n) is 4.00. The molecule has 1 fully saturated rings. The average molecular weight is 407 g/mol. The quantitative estimate of drug-likeness (QED) is 0.665. The number of nitrogens with one attached hydrogen (secondary N) is 1. The van der Waals surface area contributed by atoms with E-state index >= 15 is 0 Å². The molecule has 1 atom stereocenters. The number of aromatic nitrogens is 2. The molecule has 0 saturated carbocycles. The maximum Gasteiger partial charge on any atom is 0.240 e. The molecule has 1 aliphatic heterocycles. The largest absolute Gasteiger partial charge is 0.301 e. The number of piperidine rings is 1. The van der Waals surface area contributed by atoms with Gasteiger partial charge in [0.15, 0.2) is 5.13 Å². The molecule has 150 valence electrons. The molecule has 29 heavy (non-hydrogen) atoms. The number of hydrogen-bond donors (Lipinski definition) is 1. The fraction of sp³-hybridized carbons (Fsp3) is 0.348. The topological polar surface area (TPSA) is 58.1 Å². The number of hydrogen-bond acceptors (Lipinski definition) is 5.